The van der Waals surface area contributed by atoms with Crippen LogP contribution >= 0.6 is 0 Å². The summed E-state index contributed by atoms with van der Waals surface area (Å²) in [6.07, 6.45) is 2.43. The van der Waals surface area contributed by atoms with E-state index < -0.39 is 0 Å². The van der Waals surface area contributed by atoms with Gasteiger partial charge in [-0.3, -0.25) is 0 Å². The van der Waals surface area contributed by atoms with Gasteiger partial charge in [0, 0.05) is 12.1 Å². The van der Waals surface area contributed by atoms with Crippen molar-refractivity contribution in [1.29, 1.82) is 0 Å². The van der Waals surface area contributed by atoms with E-state index in [0.29, 0.717) is 11.2 Å². The number of hydrogen-bond donors (Lipinski definition) is 2. The summed E-state index contributed by atoms with van der Waals surface area (Å²) < 4.78 is 0. The molecule has 0 saturated carbocycles. The van der Waals surface area contributed by atoms with E-state index in [4.69, 9.17) is 5.73 Å². The highest BCUT2D eigenvalue weighted by Gasteiger charge is 2.28. The fourth-order valence-electron chi connectivity index (χ4n) is 2.45. The Hall–Kier alpha value is -1.36. The molecule has 3 N–H and O–H groups in total. The molecular formula is C14H25N5. The number of nitrogens with one attached hydrogen (secondary N) is 1. The molecule has 1 aliphatic rings. The second kappa shape index (κ2) is 5.33. The minimum Gasteiger partial charge on any atom is -0.383 e. The Balaban J connectivity index is 2.02. The monoisotopic (exact) mass is 263 g/mol. The highest BCUT2D eigenvalue weighted by Crippen LogP contribution is 2.31. The maximum absolute atomic E-state index is 5.88. The third-order valence-corrected chi connectivity index (χ3v) is 4.17. The Bertz CT molecular complexity index is 449. The molecule has 0 amide bonds. The SMILES string of the molecule is Cc1nc(N)c(C)c(NCC2(C)CCN(C)CC2)n1. The summed E-state index contributed by atoms with van der Waals surface area (Å²) in [5.41, 5.74) is 7.17. The average Bonchev–Trinajstić information content (AvgIpc) is 2.36. The summed E-state index contributed by atoms with van der Waals surface area (Å²) in [5.74, 6) is 2.17. The van der Waals surface area contributed by atoms with Crippen molar-refractivity contribution in [3.8, 4) is 0 Å². The van der Waals surface area contributed by atoms with Gasteiger partial charge in [-0.05, 0) is 52.2 Å². The van der Waals surface area contributed by atoms with E-state index in [1.807, 2.05) is 13.8 Å². The van der Waals surface area contributed by atoms with E-state index in [0.717, 1.165) is 23.8 Å². The second-order valence-electron chi connectivity index (χ2n) is 6.10. The zero-order valence-corrected chi connectivity index (χ0v) is 12.5. The first-order valence-corrected chi connectivity index (χ1v) is 6.93. The van der Waals surface area contributed by atoms with E-state index in [1.54, 1.807) is 0 Å². The molecule has 1 fully saturated rings. The number of nitrogens with zero attached hydrogens (tertiary/aromatic N) is 3. The number of likely N-dealkylation sites (tertiary alicyclic amines) is 1. The second-order valence-corrected chi connectivity index (χ2v) is 6.10. The fourth-order valence-corrected chi connectivity index (χ4v) is 2.45. The first kappa shape index (κ1) is 14.1. The molecule has 1 aliphatic heterocycles. The zero-order valence-electron chi connectivity index (χ0n) is 12.5. The molecule has 5 nitrogen and oxygen atoms in total. The maximum atomic E-state index is 5.88. The standard InChI is InChI=1S/C14H25N5/c1-10-12(15)17-11(2)18-13(10)16-9-14(3)5-7-19(4)8-6-14/h5-9H2,1-4H3,(H3,15,16,17,18). The van der Waals surface area contributed by atoms with Crippen LogP contribution in [0.15, 0.2) is 0 Å². The predicted molar refractivity (Wildman–Crippen MR) is 79.2 cm³/mol. The van der Waals surface area contributed by atoms with Gasteiger partial charge in [0.15, 0.2) is 0 Å². The number of aromatic nitrogens is 2. The molecule has 0 aliphatic carbocycles. The molecule has 0 atom stereocenters. The smallest absolute Gasteiger partial charge is 0.134 e. The van der Waals surface area contributed by atoms with Gasteiger partial charge >= 0.3 is 0 Å². The molecule has 1 aromatic rings. The molecule has 0 unspecified atom stereocenters. The van der Waals surface area contributed by atoms with E-state index in [9.17, 15) is 0 Å². The highest BCUT2D eigenvalue weighted by molar-refractivity contribution is 5.54. The number of hydrogen-bond acceptors (Lipinski definition) is 5. The van der Waals surface area contributed by atoms with Crippen molar-refractivity contribution in [1.82, 2.24) is 14.9 Å². The van der Waals surface area contributed by atoms with E-state index in [1.165, 1.54) is 25.9 Å². The molecule has 2 heterocycles. The van der Waals surface area contributed by atoms with Gasteiger partial charge in [-0.25, -0.2) is 9.97 Å². The van der Waals surface area contributed by atoms with Crippen LogP contribution in [0.1, 0.15) is 31.2 Å². The molecule has 0 radical (unpaired) electrons. The Morgan fingerprint density at radius 1 is 1.26 bits per heavy atom. The van der Waals surface area contributed by atoms with Gasteiger partial charge in [-0.1, -0.05) is 6.92 Å². The minimum absolute atomic E-state index is 0.340. The Morgan fingerprint density at radius 3 is 2.53 bits per heavy atom. The molecule has 106 valence electrons. The lowest BCUT2D eigenvalue weighted by molar-refractivity contribution is 0.150. The van der Waals surface area contributed by atoms with Crippen LogP contribution < -0.4 is 11.1 Å². The molecular weight excluding hydrogens is 238 g/mol. The van der Waals surface area contributed by atoms with Crippen LogP contribution in [-0.2, 0) is 0 Å². The van der Waals surface area contributed by atoms with Gasteiger partial charge in [0.2, 0.25) is 0 Å². The first-order chi connectivity index (χ1) is 8.89. The molecule has 1 saturated heterocycles. The summed E-state index contributed by atoms with van der Waals surface area (Å²) in [6.45, 7) is 9.47. The molecule has 1 aromatic heterocycles. The van der Waals surface area contributed by atoms with Crippen LogP contribution in [0.25, 0.3) is 0 Å². The van der Waals surface area contributed by atoms with Gasteiger partial charge in [-0.2, -0.15) is 0 Å². The Morgan fingerprint density at radius 2 is 1.89 bits per heavy atom. The van der Waals surface area contributed by atoms with Crippen LogP contribution in [0.3, 0.4) is 0 Å². The fraction of sp³-hybridized carbons (Fsp3) is 0.714. The third-order valence-electron chi connectivity index (χ3n) is 4.17. The van der Waals surface area contributed by atoms with Crippen molar-refractivity contribution in [3.05, 3.63) is 11.4 Å². The summed E-state index contributed by atoms with van der Waals surface area (Å²) in [6, 6.07) is 0. The summed E-state index contributed by atoms with van der Waals surface area (Å²) in [5, 5.41) is 3.47. The van der Waals surface area contributed by atoms with Gasteiger partial charge in [0.05, 0.1) is 0 Å². The molecule has 5 heteroatoms. The molecule has 2 rings (SSSR count). The van der Waals surface area contributed by atoms with Crippen LogP contribution in [0, 0.1) is 19.3 Å². The number of nitrogens with two attached hydrogens (primary N) is 1. The van der Waals surface area contributed by atoms with Crippen LogP contribution in [-0.4, -0.2) is 41.5 Å². The number of aryl methyl sites for hydroxylation is 1. The number of rotatable bonds is 3. The zero-order chi connectivity index (χ0) is 14.0. The van der Waals surface area contributed by atoms with Crippen LogP contribution in [0.5, 0.6) is 0 Å². The summed E-state index contributed by atoms with van der Waals surface area (Å²) in [7, 11) is 2.19. The molecule has 19 heavy (non-hydrogen) atoms. The van der Waals surface area contributed by atoms with Gasteiger partial charge < -0.3 is 16.0 Å². The number of nitrogen functional groups attached to an aromatic ring is 1. The first-order valence-electron chi connectivity index (χ1n) is 6.93. The van der Waals surface area contributed by atoms with E-state index >= 15 is 0 Å². The van der Waals surface area contributed by atoms with Crippen molar-refractivity contribution in [2.45, 2.75) is 33.6 Å². The quantitative estimate of drug-likeness (QED) is 0.870. The number of piperidine rings is 1. The predicted octanol–water partition coefficient (Wildman–Crippen LogP) is 1.82. The summed E-state index contributed by atoms with van der Waals surface area (Å²) in [4.78, 5) is 11.0. The average molecular weight is 263 g/mol. The molecule has 0 bridgehead atoms. The van der Waals surface area contributed by atoms with Crippen molar-refractivity contribution in [2.75, 3.05) is 37.7 Å². The topological polar surface area (TPSA) is 67.1 Å². The summed E-state index contributed by atoms with van der Waals surface area (Å²) >= 11 is 0. The van der Waals surface area contributed by atoms with Crippen LogP contribution in [0.2, 0.25) is 0 Å². The van der Waals surface area contributed by atoms with Crippen molar-refractivity contribution in [2.24, 2.45) is 5.41 Å². The highest BCUT2D eigenvalue weighted by atomic mass is 15.1. The van der Waals surface area contributed by atoms with E-state index in [2.05, 4.69) is 34.2 Å². The maximum Gasteiger partial charge on any atom is 0.134 e. The minimum atomic E-state index is 0.340. The largest absolute Gasteiger partial charge is 0.383 e. The van der Waals surface area contributed by atoms with Crippen molar-refractivity contribution >= 4 is 11.6 Å². The van der Waals surface area contributed by atoms with Gasteiger partial charge in [0.25, 0.3) is 0 Å². The van der Waals surface area contributed by atoms with Crippen molar-refractivity contribution < 1.29 is 0 Å². The van der Waals surface area contributed by atoms with E-state index in [-0.39, 0.29) is 0 Å². The lowest BCUT2D eigenvalue weighted by Crippen LogP contribution is -2.40. The third kappa shape index (κ3) is 3.35. The lowest BCUT2D eigenvalue weighted by Gasteiger charge is -2.38. The Kier molecular flexibility index (Phi) is 3.94. The van der Waals surface area contributed by atoms with Crippen molar-refractivity contribution in [3.63, 3.8) is 0 Å². The van der Waals surface area contributed by atoms with Crippen LogP contribution in [0.4, 0.5) is 11.6 Å². The normalized spacial score (nSPS) is 19.4. The van der Waals surface area contributed by atoms with Gasteiger partial charge in [0.1, 0.15) is 17.5 Å². The Labute approximate surface area is 115 Å². The number of anilines is 2. The lowest BCUT2D eigenvalue weighted by atomic mass is 9.80. The van der Waals surface area contributed by atoms with Gasteiger partial charge in [-0.15, -0.1) is 0 Å². The molecule has 0 spiro atoms. The molecule has 0 aromatic carbocycles.